The number of nitrogens with zero attached hydrogens (tertiary/aromatic N) is 2. The predicted octanol–water partition coefficient (Wildman–Crippen LogP) is 5.91. The highest BCUT2D eigenvalue weighted by Crippen LogP contribution is 2.44. The lowest BCUT2D eigenvalue weighted by Gasteiger charge is -2.28. The third-order valence-corrected chi connectivity index (χ3v) is 9.83. The van der Waals surface area contributed by atoms with Gasteiger partial charge in [0.2, 0.25) is 5.70 Å². The van der Waals surface area contributed by atoms with E-state index >= 15 is 0 Å². The summed E-state index contributed by atoms with van der Waals surface area (Å²) in [4.78, 5) is 13.0. The van der Waals surface area contributed by atoms with Crippen molar-refractivity contribution in [2.75, 3.05) is 13.7 Å². The molecule has 0 saturated heterocycles. The van der Waals surface area contributed by atoms with Gasteiger partial charge in [0, 0.05) is 0 Å². The molecule has 0 aliphatic rings. The summed E-state index contributed by atoms with van der Waals surface area (Å²) in [5.74, 6) is 1.37. The quantitative estimate of drug-likeness (QED) is 0.0971. The molecule has 0 radical (unpaired) electrons. The first kappa shape index (κ1) is 26.6. The Balaban J connectivity index is 2.00. The van der Waals surface area contributed by atoms with E-state index in [0.29, 0.717) is 11.4 Å². The topological polar surface area (TPSA) is 80.5 Å². The Morgan fingerprint density at radius 2 is 1.26 bits per heavy atom. The zero-order valence-electron chi connectivity index (χ0n) is 21.3. The lowest BCUT2D eigenvalue weighted by Crippen LogP contribution is -2.27. The zero-order chi connectivity index (χ0) is 26.8. The van der Waals surface area contributed by atoms with Gasteiger partial charge in [-0.25, -0.2) is 4.79 Å². The van der Waals surface area contributed by atoms with Crippen LogP contribution in [-0.4, -0.2) is 30.6 Å². The van der Waals surface area contributed by atoms with Gasteiger partial charge in [-0.15, -0.1) is 5.11 Å². The predicted molar refractivity (Wildman–Crippen MR) is 155 cm³/mol. The first-order chi connectivity index (χ1) is 18.6. The smallest absolute Gasteiger partial charge is 0.362 e. The van der Waals surface area contributed by atoms with Gasteiger partial charge in [-0.1, -0.05) is 91.0 Å². The number of benzene rings is 4. The van der Waals surface area contributed by atoms with Crippen LogP contribution >= 0.6 is 6.89 Å². The summed E-state index contributed by atoms with van der Waals surface area (Å²) in [7, 11) is 1.58. The molecule has 0 aromatic heterocycles. The summed E-state index contributed by atoms with van der Waals surface area (Å²) in [6.07, 6.45) is 0. The molecule has 0 unspecified atom stereocenters. The average Bonchev–Trinajstić information content (AvgIpc) is 2.98. The summed E-state index contributed by atoms with van der Waals surface area (Å²) in [6, 6.07) is 36.9. The number of rotatable bonds is 9. The van der Waals surface area contributed by atoms with Crippen LogP contribution in [0, 0.1) is 0 Å². The minimum atomic E-state index is -2.59. The van der Waals surface area contributed by atoms with E-state index < -0.39 is 12.9 Å². The maximum Gasteiger partial charge on any atom is 0.362 e. The maximum absolute atomic E-state index is 13.0. The van der Waals surface area contributed by atoms with Crippen molar-refractivity contribution in [3.63, 3.8) is 0 Å². The van der Waals surface area contributed by atoms with Crippen LogP contribution in [0.1, 0.15) is 6.92 Å². The third kappa shape index (κ3) is 5.93. The van der Waals surface area contributed by atoms with Crippen LogP contribution in [-0.2, 0) is 9.53 Å². The Morgan fingerprint density at radius 3 is 1.68 bits per heavy atom. The van der Waals surface area contributed by atoms with Gasteiger partial charge in [0.05, 0.1) is 19.4 Å². The van der Waals surface area contributed by atoms with E-state index in [1.54, 1.807) is 44.1 Å². The second-order valence-corrected chi connectivity index (χ2v) is 11.5. The number of hydrogen-bond donors (Lipinski definition) is 1. The molecule has 0 bridgehead atoms. The van der Waals surface area contributed by atoms with E-state index in [0.717, 1.165) is 15.9 Å². The van der Waals surface area contributed by atoms with Crippen molar-refractivity contribution < 1.29 is 19.4 Å². The number of carbonyl (C=O) groups excluding carboxylic acids is 1. The second kappa shape index (κ2) is 12.7. The van der Waals surface area contributed by atoms with E-state index in [4.69, 9.17) is 9.47 Å². The number of allylic oxidation sites excluding steroid dienone is 1. The molecule has 0 fully saturated rings. The highest BCUT2D eigenvalue weighted by Gasteiger charge is 2.27. The molecule has 4 aromatic rings. The van der Waals surface area contributed by atoms with Gasteiger partial charge in [-0.2, -0.15) is 5.11 Å². The Morgan fingerprint density at radius 1 is 0.789 bits per heavy atom. The Kier molecular flexibility index (Phi) is 8.91. The number of esters is 1. The highest BCUT2D eigenvalue weighted by molar-refractivity contribution is 7.94. The zero-order valence-corrected chi connectivity index (χ0v) is 22.2. The van der Waals surface area contributed by atoms with Gasteiger partial charge in [0.1, 0.15) is 5.75 Å². The monoisotopic (exact) mass is 524 g/mol. The summed E-state index contributed by atoms with van der Waals surface area (Å²) in [5, 5.41) is 23.0. The van der Waals surface area contributed by atoms with Crippen LogP contribution in [0.25, 0.3) is 0 Å². The summed E-state index contributed by atoms with van der Waals surface area (Å²) >= 11 is 0. The number of ether oxygens (including phenoxy) is 2. The fourth-order valence-electron chi connectivity index (χ4n) is 4.06. The van der Waals surface area contributed by atoms with Crippen LogP contribution < -0.4 is 20.7 Å². The molecule has 7 heteroatoms. The van der Waals surface area contributed by atoms with Crippen LogP contribution in [0.15, 0.2) is 137 Å². The fourth-order valence-corrected chi connectivity index (χ4v) is 7.82. The maximum atomic E-state index is 13.0. The standard InChI is InChI=1S/C31H29N2O4P/c1-3-37-31(35)30(33-32-24-19-21-25(36-2)22-20-24)29(34)23-38(26-13-7-4-8-14-26,27-15-9-5-10-16-27)28-17-11-6-12-18-28/h4-23,34H,3H2,1-2H3/b30-29-,33-32?. The molecule has 192 valence electrons. The molecule has 0 heterocycles. The lowest BCUT2D eigenvalue weighted by atomic mass is 10.3. The van der Waals surface area contributed by atoms with Crippen molar-refractivity contribution in [1.82, 2.24) is 0 Å². The van der Waals surface area contributed by atoms with E-state index in [-0.39, 0.29) is 18.1 Å². The van der Waals surface area contributed by atoms with Crippen LogP contribution in [0.2, 0.25) is 0 Å². The molecule has 0 aliphatic carbocycles. The average molecular weight is 525 g/mol. The molecule has 0 aliphatic heterocycles. The molecule has 0 amide bonds. The summed E-state index contributed by atoms with van der Waals surface area (Å²) in [6.45, 7) is -0.758. The van der Waals surface area contributed by atoms with Crippen molar-refractivity contribution in [2.45, 2.75) is 6.92 Å². The highest BCUT2D eigenvalue weighted by atomic mass is 31.2. The third-order valence-electron chi connectivity index (χ3n) is 5.86. The largest absolute Gasteiger partial charge is 0.505 e. The normalized spacial score (nSPS) is 12.1. The van der Waals surface area contributed by atoms with Crippen molar-refractivity contribution >= 4 is 40.3 Å². The van der Waals surface area contributed by atoms with Crippen molar-refractivity contribution in [3.8, 4) is 5.75 Å². The van der Waals surface area contributed by atoms with Gasteiger partial charge in [-0.3, -0.25) is 0 Å². The van der Waals surface area contributed by atoms with Crippen LogP contribution in [0.4, 0.5) is 5.69 Å². The SMILES string of the molecule is CCOC(=O)/C(N=Nc1ccc(OC)cc1)=C(/O)C=P(c1ccccc1)(c1ccccc1)c1ccccc1. The lowest BCUT2D eigenvalue weighted by molar-refractivity contribution is -0.138. The van der Waals surface area contributed by atoms with E-state index in [1.807, 2.05) is 91.0 Å². The van der Waals surface area contributed by atoms with E-state index in [1.165, 1.54) is 0 Å². The number of methoxy groups -OCH3 is 1. The minimum absolute atomic E-state index is 0.129. The Hall–Kier alpha value is -4.41. The molecule has 4 rings (SSSR count). The van der Waals surface area contributed by atoms with Gasteiger partial charge in [-0.05, 0) is 59.8 Å². The number of hydrogen-bond acceptors (Lipinski definition) is 6. The van der Waals surface area contributed by atoms with Crippen molar-refractivity contribution in [2.24, 2.45) is 10.2 Å². The first-order valence-corrected chi connectivity index (χ1v) is 14.0. The first-order valence-electron chi connectivity index (χ1n) is 12.2. The van der Waals surface area contributed by atoms with Gasteiger partial charge >= 0.3 is 5.97 Å². The molecular weight excluding hydrogens is 495 g/mol. The number of carbonyl (C=O) groups is 1. The van der Waals surface area contributed by atoms with E-state index in [2.05, 4.69) is 10.2 Å². The minimum Gasteiger partial charge on any atom is -0.505 e. The number of aliphatic hydroxyl groups excluding tert-OH is 1. The molecule has 6 nitrogen and oxygen atoms in total. The van der Waals surface area contributed by atoms with Gasteiger partial charge in [0.25, 0.3) is 0 Å². The van der Waals surface area contributed by atoms with Crippen LogP contribution in [0.3, 0.4) is 0 Å². The number of azo groups is 1. The Bertz CT molecular complexity index is 1360. The number of aliphatic hydroxyl groups is 1. The van der Waals surface area contributed by atoms with Gasteiger partial charge < -0.3 is 14.6 Å². The molecule has 4 aromatic carbocycles. The fraction of sp³-hybridized carbons (Fsp3) is 0.0968. The summed E-state index contributed by atoms with van der Waals surface area (Å²) < 4.78 is 10.4. The molecule has 0 saturated carbocycles. The molecule has 0 atom stereocenters. The molecular formula is C31H29N2O4P. The molecule has 0 spiro atoms. The second-order valence-electron chi connectivity index (χ2n) is 8.21. The van der Waals surface area contributed by atoms with Crippen LogP contribution in [0.5, 0.6) is 5.75 Å². The summed E-state index contributed by atoms with van der Waals surface area (Å²) in [5.41, 5.74) is 0.227. The van der Waals surface area contributed by atoms with E-state index in [9.17, 15) is 9.90 Å². The molecule has 38 heavy (non-hydrogen) atoms. The van der Waals surface area contributed by atoms with Crippen molar-refractivity contribution in [3.05, 3.63) is 127 Å². The van der Waals surface area contributed by atoms with Crippen molar-refractivity contribution in [1.29, 1.82) is 0 Å². The molecule has 1 N–H and O–H groups in total. The Labute approximate surface area is 222 Å². The van der Waals surface area contributed by atoms with Gasteiger partial charge in [0.15, 0.2) is 5.76 Å².